The third kappa shape index (κ3) is 5.49. The van der Waals surface area contributed by atoms with Crippen LogP contribution in [0.5, 0.6) is 5.75 Å². The monoisotopic (exact) mass is 401 g/mol. The fourth-order valence-electron chi connectivity index (χ4n) is 3.55. The van der Waals surface area contributed by atoms with Crippen LogP contribution in [0.2, 0.25) is 0 Å². The molecule has 152 valence electrons. The molecule has 2 heterocycles. The van der Waals surface area contributed by atoms with Gasteiger partial charge in [-0.3, -0.25) is 0 Å². The lowest BCUT2D eigenvalue weighted by Crippen LogP contribution is -2.48. The number of benzene rings is 1. The minimum atomic E-state index is 0.0432. The largest absolute Gasteiger partial charge is 0.494 e. The summed E-state index contributed by atoms with van der Waals surface area (Å²) < 4.78 is 11.3. The highest BCUT2D eigenvalue weighted by Crippen LogP contribution is 2.35. The zero-order valence-corrected chi connectivity index (χ0v) is 17.7. The van der Waals surface area contributed by atoms with Crippen molar-refractivity contribution in [2.75, 3.05) is 32.9 Å². The second kappa shape index (κ2) is 10.5. The van der Waals surface area contributed by atoms with Gasteiger partial charge in [-0.25, -0.2) is 4.99 Å². The van der Waals surface area contributed by atoms with Crippen molar-refractivity contribution in [2.24, 2.45) is 4.99 Å². The number of thiophene rings is 1. The fourth-order valence-corrected chi connectivity index (χ4v) is 4.21. The maximum Gasteiger partial charge on any atom is 0.191 e. The Hall–Kier alpha value is -2.05. The molecular weight excluding hydrogens is 370 g/mol. The molecule has 5 nitrogen and oxygen atoms in total. The second-order valence-corrected chi connectivity index (χ2v) is 7.81. The van der Waals surface area contributed by atoms with Crippen molar-refractivity contribution in [3.63, 3.8) is 0 Å². The van der Waals surface area contributed by atoms with Gasteiger partial charge in [0.2, 0.25) is 0 Å². The topological polar surface area (TPSA) is 54.9 Å². The maximum atomic E-state index is 5.66. The number of hydrogen-bond acceptors (Lipinski definition) is 4. The van der Waals surface area contributed by atoms with Crippen molar-refractivity contribution in [3.8, 4) is 5.75 Å². The smallest absolute Gasteiger partial charge is 0.191 e. The van der Waals surface area contributed by atoms with Gasteiger partial charge in [-0.2, -0.15) is 11.3 Å². The van der Waals surface area contributed by atoms with Crippen LogP contribution >= 0.6 is 11.3 Å². The number of nitrogens with zero attached hydrogens (tertiary/aromatic N) is 1. The number of rotatable bonds is 8. The van der Waals surface area contributed by atoms with Gasteiger partial charge in [0.1, 0.15) is 5.75 Å². The average Bonchev–Trinajstić information content (AvgIpc) is 3.25. The molecule has 1 aromatic heterocycles. The summed E-state index contributed by atoms with van der Waals surface area (Å²) in [7, 11) is 0. The van der Waals surface area contributed by atoms with Crippen molar-refractivity contribution in [2.45, 2.75) is 38.6 Å². The van der Waals surface area contributed by atoms with E-state index in [1.807, 2.05) is 6.92 Å². The number of nitrogens with one attached hydrogen (secondary N) is 2. The molecule has 2 aromatic rings. The highest BCUT2D eigenvalue weighted by atomic mass is 32.1. The third-order valence-corrected chi connectivity index (χ3v) is 5.90. The van der Waals surface area contributed by atoms with Gasteiger partial charge in [0.15, 0.2) is 5.96 Å². The number of aliphatic imine (C=N–C) groups is 1. The molecule has 0 aliphatic carbocycles. The quantitative estimate of drug-likeness (QED) is 0.519. The highest BCUT2D eigenvalue weighted by molar-refractivity contribution is 7.07. The summed E-state index contributed by atoms with van der Waals surface area (Å²) in [4.78, 5) is 4.75. The van der Waals surface area contributed by atoms with Crippen LogP contribution in [0.4, 0.5) is 0 Å². The van der Waals surface area contributed by atoms with Crippen molar-refractivity contribution < 1.29 is 9.47 Å². The number of hydrogen-bond donors (Lipinski definition) is 2. The normalized spacial score (nSPS) is 16.6. The Morgan fingerprint density at radius 2 is 1.93 bits per heavy atom. The Bertz CT molecular complexity index is 723. The van der Waals surface area contributed by atoms with Gasteiger partial charge in [0, 0.05) is 31.7 Å². The first-order valence-corrected chi connectivity index (χ1v) is 11.0. The third-order valence-electron chi connectivity index (χ3n) is 5.17. The van der Waals surface area contributed by atoms with E-state index in [1.165, 1.54) is 11.1 Å². The number of ether oxygens (including phenoxy) is 2. The zero-order valence-electron chi connectivity index (χ0n) is 16.9. The summed E-state index contributed by atoms with van der Waals surface area (Å²) in [5, 5.41) is 11.2. The summed E-state index contributed by atoms with van der Waals surface area (Å²) >= 11 is 1.71. The molecular formula is C22H31N3O2S. The highest BCUT2D eigenvalue weighted by Gasteiger charge is 2.34. The average molecular weight is 402 g/mol. The van der Waals surface area contributed by atoms with Gasteiger partial charge in [-0.15, -0.1) is 0 Å². The van der Waals surface area contributed by atoms with Crippen molar-refractivity contribution in [1.29, 1.82) is 0 Å². The lowest BCUT2D eigenvalue weighted by molar-refractivity contribution is 0.0513. The Labute approximate surface area is 172 Å². The lowest BCUT2D eigenvalue weighted by Gasteiger charge is -2.38. The Balaban J connectivity index is 1.72. The lowest BCUT2D eigenvalue weighted by atomic mass is 9.74. The van der Waals surface area contributed by atoms with Crippen LogP contribution in [-0.2, 0) is 16.7 Å². The Kier molecular flexibility index (Phi) is 7.74. The first kappa shape index (κ1) is 20.7. The second-order valence-electron chi connectivity index (χ2n) is 7.03. The first-order valence-electron chi connectivity index (χ1n) is 10.1. The molecule has 0 bridgehead atoms. The molecule has 6 heteroatoms. The molecule has 1 aliphatic rings. The van der Waals surface area contributed by atoms with E-state index in [0.717, 1.165) is 50.9 Å². The molecule has 0 radical (unpaired) electrons. The van der Waals surface area contributed by atoms with E-state index >= 15 is 0 Å². The van der Waals surface area contributed by atoms with Crippen LogP contribution in [0.25, 0.3) is 0 Å². The van der Waals surface area contributed by atoms with E-state index in [9.17, 15) is 0 Å². The molecule has 1 aromatic carbocycles. The summed E-state index contributed by atoms with van der Waals surface area (Å²) in [6.07, 6.45) is 2.00. The molecule has 1 fully saturated rings. The van der Waals surface area contributed by atoms with Gasteiger partial charge >= 0.3 is 0 Å². The minimum absolute atomic E-state index is 0.0432. The summed E-state index contributed by atoms with van der Waals surface area (Å²) in [6, 6.07) is 10.7. The summed E-state index contributed by atoms with van der Waals surface area (Å²) in [6.45, 7) is 8.74. The van der Waals surface area contributed by atoms with Crippen LogP contribution in [-0.4, -0.2) is 38.9 Å². The van der Waals surface area contributed by atoms with E-state index in [0.29, 0.717) is 13.2 Å². The molecule has 0 saturated carbocycles. The van der Waals surface area contributed by atoms with Crippen LogP contribution in [0.1, 0.15) is 37.8 Å². The molecule has 2 N–H and O–H groups in total. The van der Waals surface area contributed by atoms with E-state index in [2.05, 4.69) is 58.6 Å². The fraction of sp³-hybridized carbons (Fsp3) is 0.500. The van der Waals surface area contributed by atoms with E-state index in [4.69, 9.17) is 14.5 Å². The van der Waals surface area contributed by atoms with Crippen LogP contribution in [0.15, 0.2) is 46.1 Å². The molecule has 0 spiro atoms. The van der Waals surface area contributed by atoms with E-state index in [-0.39, 0.29) is 5.41 Å². The molecule has 0 atom stereocenters. The zero-order chi connectivity index (χ0) is 19.7. The molecule has 0 amide bonds. The summed E-state index contributed by atoms with van der Waals surface area (Å²) in [5.41, 5.74) is 2.62. The molecule has 3 rings (SSSR count). The van der Waals surface area contributed by atoms with Crippen LogP contribution < -0.4 is 15.4 Å². The van der Waals surface area contributed by atoms with Crippen LogP contribution in [0.3, 0.4) is 0 Å². The molecule has 28 heavy (non-hydrogen) atoms. The first-order chi connectivity index (χ1) is 13.8. The van der Waals surface area contributed by atoms with Gasteiger partial charge in [-0.05, 0) is 66.8 Å². The SMILES string of the molecule is CCNC(=NCc1ccsc1)NCC1(c2ccc(OCC)cc2)CCOCC1. The van der Waals surface area contributed by atoms with Crippen molar-refractivity contribution in [3.05, 3.63) is 52.2 Å². The summed E-state index contributed by atoms with van der Waals surface area (Å²) in [5.74, 6) is 1.79. The van der Waals surface area contributed by atoms with Gasteiger partial charge in [-0.1, -0.05) is 12.1 Å². The molecule has 1 aliphatic heterocycles. The van der Waals surface area contributed by atoms with Gasteiger partial charge in [0.25, 0.3) is 0 Å². The van der Waals surface area contributed by atoms with Crippen molar-refractivity contribution in [1.82, 2.24) is 10.6 Å². The Morgan fingerprint density at radius 1 is 1.14 bits per heavy atom. The number of guanidine groups is 1. The van der Waals surface area contributed by atoms with E-state index in [1.54, 1.807) is 11.3 Å². The molecule has 1 saturated heterocycles. The van der Waals surface area contributed by atoms with Gasteiger partial charge < -0.3 is 20.1 Å². The predicted molar refractivity (Wildman–Crippen MR) is 116 cm³/mol. The standard InChI is InChI=1S/C22H31N3O2S/c1-3-23-21(24-15-18-9-14-28-16-18)25-17-22(10-12-26-13-11-22)19-5-7-20(8-6-19)27-4-2/h5-9,14,16H,3-4,10-13,15,17H2,1-2H3,(H2,23,24,25). The van der Waals surface area contributed by atoms with Crippen LogP contribution in [0, 0.1) is 0 Å². The maximum absolute atomic E-state index is 5.66. The molecule has 0 unspecified atom stereocenters. The minimum Gasteiger partial charge on any atom is -0.494 e. The van der Waals surface area contributed by atoms with Gasteiger partial charge in [0.05, 0.1) is 13.2 Å². The van der Waals surface area contributed by atoms with E-state index < -0.39 is 0 Å². The Morgan fingerprint density at radius 3 is 2.57 bits per heavy atom. The predicted octanol–water partition coefficient (Wildman–Crippen LogP) is 3.95. The van der Waals surface area contributed by atoms with Crippen molar-refractivity contribution >= 4 is 17.3 Å².